The largest absolute Gasteiger partial charge is 0.492 e. The fourth-order valence-corrected chi connectivity index (χ4v) is 2.73. The molecule has 0 bridgehead atoms. The Morgan fingerprint density at radius 2 is 1.87 bits per heavy atom. The topological polar surface area (TPSA) is 66.0 Å². The number of rotatable bonds is 7. The first-order chi connectivity index (χ1) is 14.2. The van der Waals surface area contributed by atoms with E-state index in [1.54, 1.807) is 43.3 Å². The lowest BCUT2D eigenvalue weighted by Crippen LogP contribution is -2.40. The number of carbonyl (C=O) groups is 1. The summed E-state index contributed by atoms with van der Waals surface area (Å²) in [5.74, 6) is 1.05. The Balaban J connectivity index is 1.82. The Hall–Kier alpha value is -3.23. The minimum atomic E-state index is -4.34. The van der Waals surface area contributed by atoms with Crippen LogP contribution in [0.1, 0.15) is 18.1 Å². The van der Waals surface area contributed by atoms with Crippen molar-refractivity contribution in [3.8, 4) is 5.75 Å². The van der Waals surface area contributed by atoms with E-state index in [-0.39, 0.29) is 5.91 Å². The van der Waals surface area contributed by atoms with Gasteiger partial charge in [0.25, 0.3) is 0 Å². The van der Waals surface area contributed by atoms with Gasteiger partial charge < -0.3 is 20.3 Å². The third kappa shape index (κ3) is 7.31. The Morgan fingerprint density at radius 1 is 1.17 bits per heavy atom. The predicted octanol–water partition coefficient (Wildman–Crippen LogP) is 3.75. The maximum atomic E-state index is 12.7. The lowest BCUT2D eigenvalue weighted by atomic mass is 10.1. The molecule has 0 aliphatic carbocycles. The molecule has 0 unspecified atom stereocenters. The monoisotopic (exact) mass is 422 g/mol. The summed E-state index contributed by atoms with van der Waals surface area (Å²) in [6, 6.07) is 12.1. The summed E-state index contributed by atoms with van der Waals surface area (Å²) in [5, 5.41) is 5.83. The van der Waals surface area contributed by atoms with Crippen LogP contribution in [0.2, 0.25) is 0 Å². The molecule has 6 nitrogen and oxygen atoms in total. The molecule has 0 spiro atoms. The molecular formula is C21H25F3N4O2. The van der Waals surface area contributed by atoms with E-state index in [0.29, 0.717) is 37.1 Å². The second kappa shape index (κ2) is 10.5. The number of carbonyl (C=O) groups excluding carboxylic acids is 1. The van der Waals surface area contributed by atoms with Crippen LogP contribution in [-0.2, 0) is 17.5 Å². The lowest BCUT2D eigenvalue weighted by Gasteiger charge is -2.22. The number of hydrogen-bond acceptors (Lipinski definition) is 3. The van der Waals surface area contributed by atoms with Crippen molar-refractivity contribution in [3.05, 3.63) is 59.7 Å². The standard InChI is InChI=1S/C21H25F3N4O2/c1-15(29)27-18-5-4-6-19(13-18)30-12-11-26-20(25-2)28(3)14-16-7-9-17(10-8-16)21(22,23)24/h4-10,13H,11-12,14H2,1-3H3,(H,25,26)(H,27,29). The van der Waals surface area contributed by atoms with Crippen molar-refractivity contribution in [2.45, 2.75) is 19.6 Å². The highest BCUT2D eigenvalue weighted by atomic mass is 19.4. The molecule has 0 saturated carbocycles. The van der Waals surface area contributed by atoms with E-state index in [9.17, 15) is 18.0 Å². The van der Waals surface area contributed by atoms with Gasteiger partial charge in [0.15, 0.2) is 5.96 Å². The van der Waals surface area contributed by atoms with Gasteiger partial charge in [0.05, 0.1) is 12.1 Å². The van der Waals surface area contributed by atoms with Crippen LogP contribution < -0.4 is 15.4 Å². The average molecular weight is 422 g/mol. The highest BCUT2D eigenvalue weighted by molar-refractivity contribution is 5.88. The average Bonchev–Trinajstić information content (AvgIpc) is 2.67. The summed E-state index contributed by atoms with van der Waals surface area (Å²) < 4.78 is 43.7. The van der Waals surface area contributed by atoms with Crippen LogP contribution in [0.25, 0.3) is 0 Å². The van der Waals surface area contributed by atoms with Gasteiger partial charge in [-0.3, -0.25) is 9.79 Å². The Bertz CT molecular complexity index is 867. The van der Waals surface area contributed by atoms with Gasteiger partial charge in [-0.15, -0.1) is 0 Å². The SMILES string of the molecule is CN=C(NCCOc1cccc(NC(C)=O)c1)N(C)Cc1ccc(C(F)(F)F)cc1. The zero-order chi connectivity index (χ0) is 22.1. The third-order valence-corrected chi connectivity index (χ3v) is 4.08. The van der Waals surface area contributed by atoms with Crippen LogP contribution in [-0.4, -0.2) is 44.0 Å². The normalized spacial score (nSPS) is 11.7. The first kappa shape index (κ1) is 23.1. The highest BCUT2D eigenvalue weighted by Crippen LogP contribution is 2.29. The maximum absolute atomic E-state index is 12.7. The van der Waals surface area contributed by atoms with Crippen molar-refractivity contribution in [3.63, 3.8) is 0 Å². The number of guanidine groups is 1. The summed E-state index contributed by atoms with van der Waals surface area (Å²) in [6.45, 7) is 2.66. The minimum Gasteiger partial charge on any atom is -0.492 e. The van der Waals surface area contributed by atoms with Gasteiger partial charge in [-0.25, -0.2) is 0 Å². The molecule has 0 saturated heterocycles. The Labute approximate surface area is 173 Å². The number of nitrogens with one attached hydrogen (secondary N) is 2. The zero-order valence-electron chi connectivity index (χ0n) is 17.1. The van der Waals surface area contributed by atoms with Crippen LogP contribution >= 0.6 is 0 Å². The number of aliphatic imine (C=N–C) groups is 1. The van der Waals surface area contributed by atoms with Crippen molar-refractivity contribution in [1.29, 1.82) is 0 Å². The van der Waals surface area contributed by atoms with Crippen LogP contribution in [0, 0.1) is 0 Å². The first-order valence-corrected chi connectivity index (χ1v) is 9.27. The molecule has 162 valence electrons. The molecule has 0 radical (unpaired) electrons. The fourth-order valence-electron chi connectivity index (χ4n) is 2.73. The van der Waals surface area contributed by atoms with Crippen LogP contribution in [0.4, 0.5) is 18.9 Å². The number of alkyl halides is 3. The number of hydrogen-bond donors (Lipinski definition) is 2. The molecular weight excluding hydrogens is 397 g/mol. The molecule has 0 aliphatic heterocycles. The van der Waals surface area contributed by atoms with E-state index in [1.807, 2.05) is 0 Å². The van der Waals surface area contributed by atoms with Crippen molar-refractivity contribution >= 4 is 17.6 Å². The highest BCUT2D eigenvalue weighted by Gasteiger charge is 2.29. The Kier molecular flexibility index (Phi) is 8.08. The van der Waals surface area contributed by atoms with Gasteiger partial charge in [-0.2, -0.15) is 13.2 Å². The quantitative estimate of drug-likeness (QED) is 0.405. The molecule has 2 rings (SSSR count). The van der Waals surface area contributed by atoms with Crippen LogP contribution in [0.3, 0.4) is 0 Å². The van der Waals surface area contributed by atoms with Crippen molar-refractivity contribution in [2.24, 2.45) is 4.99 Å². The van der Waals surface area contributed by atoms with Gasteiger partial charge in [0.2, 0.25) is 5.91 Å². The molecule has 0 fully saturated rings. The smallest absolute Gasteiger partial charge is 0.416 e. The maximum Gasteiger partial charge on any atom is 0.416 e. The van der Waals surface area contributed by atoms with Gasteiger partial charge in [0, 0.05) is 39.3 Å². The molecule has 2 N–H and O–H groups in total. The van der Waals surface area contributed by atoms with Crippen LogP contribution in [0.5, 0.6) is 5.75 Å². The number of benzene rings is 2. The Morgan fingerprint density at radius 3 is 2.47 bits per heavy atom. The zero-order valence-corrected chi connectivity index (χ0v) is 17.1. The molecule has 9 heteroatoms. The third-order valence-electron chi connectivity index (χ3n) is 4.08. The summed E-state index contributed by atoms with van der Waals surface area (Å²) in [6.07, 6.45) is -4.34. The van der Waals surface area contributed by atoms with E-state index in [1.165, 1.54) is 19.1 Å². The second-order valence-electron chi connectivity index (χ2n) is 6.58. The van der Waals surface area contributed by atoms with Crippen molar-refractivity contribution in [2.75, 3.05) is 32.6 Å². The van der Waals surface area contributed by atoms with Crippen molar-refractivity contribution in [1.82, 2.24) is 10.2 Å². The number of amides is 1. The number of ether oxygens (including phenoxy) is 1. The molecule has 0 heterocycles. The molecule has 0 aromatic heterocycles. The lowest BCUT2D eigenvalue weighted by molar-refractivity contribution is -0.137. The number of anilines is 1. The summed E-state index contributed by atoms with van der Waals surface area (Å²) in [5.41, 5.74) is 0.718. The first-order valence-electron chi connectivity index (χ1n) is 9.27. The molecule has 0 atom stereocenters. The van der Waals surface area contributed by atoms with Gasteiger partial charge in [-0.1, -0.05) is 18.2 Å². The molecule has 1 amide bonds. The second-order valence-corrected chi connectivity index (χ2v) is 6.58. The number of halogens is 3. The summed E-state index contributed by atoms with van der Waals surface area (Å²) >= 11 is 0. The number of nitrogens with zero attached hydrogens (tertiary/aromatic N) is 2. The fraction of sp³-hybridized carbons (Fsp3) is 0.333. The van der Waals surface area contributed by atoms with Crippen molar-refractivity contribution < 1.29 is 22.7 Å². The van der Waals surface area contributed by atoms with Gasteiger partial charge >= 0.3 is 6.18 Å². The van der Waals surface area contributed by atoms with E-state index in [4.69, 9.17) is 4.74 Å². The van der Waals surface area contributed by atoms with Crippen LogP contribution in [0.15, 0.2) is 53.5 Å². The van der Waals surface area contributed by atoms with E-state index < -0.39 is 11.7 Å². The minimum absolute atomic E-state index is 0.159. The van der Waals surface area contributed by atoms with Gasteiger partial charge in [-0.05, 0) is 29.8 Å². The van der Waals surface area contributed by atoms with Gasteiger partial charge in [0.1, 0.15) is 12.4 Å². The van der Waals surface area contributed by atoms with E-state index in [2.05, 4.69) is 15.6 Å². The molecule has 2 aromatic carbocycles. The molecule has 2 aromatic rings. The summed E-state index contributed by atoms with van der Waals surface area (Å²) in [4.78, 5) is 17.1. The summed E-state index contributed by atoms with van der Waals surface area (Å²) in [7, 11) is 3.42. The predicted molar refractivity (Wildman–Crippen MR) is 111 cm³/mol. The van der Waals surface area contributed by atoms with E-state index >= 15 is 0 Å². The van der Waals surface area contributed by atoms with E-state index in [0.717, 1.165) is 17.7 Å². The molecule has 0 aliphatic rings. The molecule has 30 heavy (non-hydrogen) atoms.